The van der Waals surface area contributed by atoms with E-state index in [1.165, 1.54) is 19.1 Å². The Morgan fingerprint density at radius 2 is 1.74 bits per heavy atom. The standard InChI is InChI=1S/C36H46ClF2N3O4/c1-21-16-29-30(20-31(21)37)36(46-33(29)35(3,4)40-22(2)43)10-12-42(13-11-36)34(44)28-19-25(41(5)24-8-14-45-15-9-24)18-27(28)26-7-6-23(38)17-32(26)39/h6-7,16-17,20,24-25,27-28,33H,8-15,18-19H2,1-5H3,(H,40,43)/t25-,27+,28-,33?/m1/s1. The number of carbonyl (C=O) groups is 2. The van der Waals surface area contributed by atoms with Gasteiger partial charge in [0.2, 0.25) is 11.8 Å². The Labute approximate surface area is 275 Å². The van der Waals surface area contributed by atoms with Crippen LogP contribution in [0.1, 0.15) is 93.6 Å². The molecule has 0 radical (unpaired) electrons. The number of hydrogen-bond acceptors (Lipinski definition) is 5. The highest BCUT2D eigenvalue weighted by Gasteiger charge is 2.53. The average molecular weight is 658 g/mol. The Morgan fingerprint density at radius 1 is 1.04 bits per heavy atom. The predicted octanol–water partition coefficient (Wildman–Crippen LogP) is 6.40. The van der Waals surface area contributed by atoms with Crippen molar-refractivity contribution in [3.8, 4) is 0 Å². The van der Waals surface area contributed by atoms with E-state index in [0.717, 1.165) is 35.6 Å². The molecule has 1 aliphatic carbocycles. The van der Waals surface area contributed by atoms with Gasteiger partial charge in [-0.1, -0.05) is 23.7 Å². The normalized spacial score (nSPS) is 26.5. The van der Waals surface area contributed by atoms with E-state index in [1.54, 1.807) is 0 Å². The summed E-state index contributed by atoms with van der Waals surface area (Å²) in [5, 5.41) is 3.72. The van der Waals surface area contributed by atoms with Gasteiger partial charge in [0, 0.05) is 62.3 Å². The predicted molar refractivity (Wildman–Crippen MR) is 173 cm³/mol. The molecule has 3 heterocycles. The summed E-state index contributed by atoms with van der Waals surface area (Å²) in [4.78, 5) is 30.8. The van der Waals surface area contributed by atoms with Crippen molar-refractivity contribution >= 4 is 23.4 Å². The largest absolute Gasteiger partial charge is 0.381 e. The second kappa shape index (κ2) is 12.8. The van der Waals surface area contributed by atoms with Crippen LogP contribution in [0.2, 0.25) is 5.02 Å². The number of likely N-dealkylation sites (tertiary alicyclic amines) is 1. The molecule has 2 aromatic rings. The van der Waals surface area contributed by atoms with Crippen molar-refractivity contribution in [3.05, 3.63) is 69.2 Å². The number of nitrogens with zero attached hydrogens (tertiary/aromatic N) is 2. The van der Waals surface area contributed by atoms with E-state index in [-0.39, 0.29) is 29.9 Å². The lowest BCUT2D eigenvalue weighted by Gasteiger charge is -2.42. The van der Waals surface area contributed by atoms with Gasteiger partial charge in [0.05, 0.1) is 11.1 Å². The number of hydrogen-bond donors (Lipinski definition) is 1. The highest BCUT2D eigenvalue weighted by molar-refractivity contribution is 6.31. The zero-order valence-electron chi connectivity index (χ0n) is 27.5. The lowest BCUT2D eigenvalue weighted by atomic mass is 9.81. The number of ether oxygens (including phenoxy) is 2. The van der Waals surface area contributed by atoms with Crippen molar-refractivity contribution in [1.29, 1.82) is 0 Å². The van der Waals surface area contributed by atoms with Gasteiger partial charge in [-0.2, -0.15) is 0 Å². The molecule has 1 spiro atoms. The molecule has 3 fully saturated rings. The molecule has 46 heavy (non-hydrogen) atoms. The Balaban J connectivity index is 1.24. The van der Waals surface area contributed by atoms with Crippen LogP contribution in [-0.2, 0) is 24.7 Å². The number of halogens is 3. The number of nitrogens with one attached hydrogen (secondary N) is 1. The summed E-state index contributed by atoms with van der Waals surface area (Å²) in [6.07, 6.45) is 3.89. The molecule has 2 saturated heterocycles. The molecule has 1 N–H and O–H groups in total. The van der Waals surface area contributed by atoms with Crippen molar-refractivity contribution in [2.24, 2.45) is 5.92 Å². The van der Waals surface area contributed by atoms with Crippen molar-refractivity contribution in [1.82, 2.24) is 15.1 Å². The van der Waals surface area contributed by atoms with Crippen LogP contribution in [0.15, 0.2) is 30.3 Å². The molecule has 1 unspecified atom stereocenters. The first kappa shape index (κ1) is 33.3. The van der Waals surface area contributed by atoms with Gasteiger partial charge < -0.3 is 24.6 Å². The summed E-state index contributed by atoms with van der Waals surface area (Å²) in [6, 6.07) is 8.25. The third kappa shape index (κ3) is 6.20. The van der Waals surface area contributed by atoms with E-state index in [2.05, 4.69) is 23.3 Å². The smallest absolute Gasteiger partial charge is 0.226 e. The molecule has 4 aliphatic rings. The number of fused-ring (bicyclic) bond motifs is 2. The minimum atomic E-state index is -0.668. The van der Waals surface area contributed by atoms with E-state index in [0.29, 0.717) is 68.6 Å². The van der Waals surface area contributed by atoms with E-state index in [4.69, 9.17) is 21.1 Å². The molecule has 0 bridgehead atoms. The van der Waals surface area contributed by atoms with Crippen molar-refractivity contribution in [3.63, 3.8) is 0 Å². The van der Waals surface area contributed by atoms with Gasteiger partial charge >= 0.3 is 0 Å². The lowest BCUT2D eigenvalue weighted by Crippen LogP contribution is -2.50. The Kier molecular flexibility index (Phi) is 9.26. The molecule has 3 aliphatic heterocycles. The molecule has 2 amide bonds. The number of rotatable bonds is 6. The first-order valence-electron chi connectivity index (χ1n) is 16.6. The Hall–Kier alpha value is -2.59. The van der Waals surface area contributed by atoms with Crippen LogP contribution in [0.25, 0.3) is 0 Å². The fraction of sp³-hybridized carbons (Fsp3) is 0.611. The number of amides is 2. The molecule has 0 aromatic heterocycles. The summed E-state index contributed by atoms with van der Waals surface area (Å²) in [7, 11) is 2.11. The van der Waals surface area contributed by atoms with E-state index in [9.17, 15) is 14.0 Å². The number of benzene rings is 2. The van der Waals surface area contributed by atoms with Crippen LogP contribution in [-0.4, -0.2) is 72.6 Å². The van der Waals surface area contributed by atoms with Gasteiger partial charge in [0.1, 0.15) is 17.7 Å². The lowest BCUT2D eigenvalue weighted by molar-refractivity contribution is -0.154. The Morgan fingerprint density at radius 3 is 2.39 bits per heavy atom. The van der Waals surface area contributed by atoms with Gasteiger partial charge in [-0.3, -0.25) is 9.59 Å². The summed E-state index contributed by atoms with van der Waals surface area (Å²) in [5.74, 6) is -2.09. The SMILES string of the molecule is CC(=O)NC(C)(C)C1OC2(CCN(C(=O)[C@@H]3C[C@H](N(C)C4CCOCC4)C[C@H]3c3ccc(F)cc3F)CC2)c2cc(Cl)c(C)cc21. The second-order valence-corrected chi connectivity index (χ2v) is 14.8. The average Bonchev–Trinajstić information content (AvgIpc) is 3.57. The van der Waals surface area contributed by atoms with Gasteiger partial charge in [-0.25, -0.2) is 8.78 Å². The molecule has 10 heteroatoms. The third-order valence-electron chi connectivity index (χ3n) is 11.0. The molecular weight excluding hydrogens is 612 g/mol. The minimum absolute atomic E-state index is 0.0155. The quantitative estimate of drug-likeness (QED) is 0.389. The number of carbonyl (C=O) groups excluding carboxylic acids is 2. The fourth-order valence-electron chi connectivity index (χ4n) is 8.59. The first-order valence-corrected chi connectivity index (χ1v) is 17.0. The summed E-state index contributed by atoms with van der Waals surface area (Å²) < 4.78 is 41.6. The highest BCUT2D eigenvalue weighted by atomic mass is 35.5. The van der Waals surface area contributed by atoms with E-state index >= 15 is 4.39 Å². The van der Waals surface area contributed by atoms with Crippen LogP contribution in [0, 0.1) is 24.5 Å². The summed E-state index contributed by atoms with van der Waals surface area (Å²) in [5.41, 5.74) is 2.08. The molecular formula is C36H46ClF2N3O4. The molecule has 7 nitrogen and oxygen atoms in total. The highest BCUT2D eigenvalue weighted by Crippen LogP contribution is 2.54. The van der Waals surface area contributed by atoms with Crippen molar-refractivity contribution < 1.29 is 27.8 Å². The third-order valence-corrected chi connectivity index (χ3v) is 11.5. The molecule has 2 aromatic carbocycles. The van der Waals surface area contributed by atoms with Crippen LogP contribution >= 0.6 is 11.6 Å². The second-order valence-electron chi connectivity index (χ2n) is 14.4. The summed E-state index contributed by atoms with van der Waals surface area (Å²) >= 11 is 6.64. The van der Waals surface area contributed by atoms with E-state index in [1.807, 2.05) is 31.7 Å². The Bertz CT molecular complexity index is 1490. The molecule has 1 saturated carbocycles. The number of aryl methyl sites for hydroxylation is 1. The van der Waals surface area contributed by atoms with Crippen molar-refractivity contribution in [2.75, 3.05) is 33.4 Å². The topological polar surface area (TPSA) is 71.1 Å². The van der Waals surface area contributed by atoms with E-state index < -0.39 is 28.7 Å². The van der Waals surface area contributed by atoms with Crippen LogP contribution in [0.3, 0.4) is 0 Å². The maximum atomic E-state index is 15.2. The van der Waals surface area contributed by atoms with Gasteiger partial charge in [0.15, 0.2) is 0 Å². The maximum Gasteiger partial charge on any atom is 0.226 e. The number of piperidine rings is 1. The zero-order valence-corrected chi connectivity index (χ0v) is 28.3. The molecule has 250 valence electrons. The summed E-state index contributed by atoms with van der Waals surface area (Å²) in [6.45, 7) is 9.79. The first-order chi connectivity index (χ1) is 21.8. The van der Waals surface area contributed by atoms with Crippen LogP contribution < -0.4 is 5.32 Å². The fourth-order valence-corrected chi connectivity index (χ4v) is 8.75. The van der Waals surface area contributed by atoms with Gasteiger partial charge in [-0.05, 0) is 107 Å². The molecule has 6 rings (SSSR count). The van der Waals surface area contributed by atoms with Crippen LogP contribution in [0.5, 0.6) is 0 Å². The molecule has 4 atom stereocenters. The maximum absolute atomic E-state index is 15.2. The zero-order chi connectivity index (χ0) is 33.0. The van der Waals surface area contributed by atoms with Crippen LogP contribution in [0.4, 0.5) is 8.78 Å². The van der Waals surface area contributed by atoms with Gasteiger partial charge in [-0.15, -0.1) is 0 Å². The monoisotopic (exact) mass is 657 g/mol. The van der Waals surface area contributed by atoms with Gasteiger partial charge in [0.25, 0.3) is 0 Å². The van der Waals surface area contributed by atoms with Crippen molar-refractivity contribution in [2.45, 2.75) is 101 Å². The minimum Gasteiger partial charge on any atom is -0.381 e.